The fourth-order valence-electron chi connectivity index (χ4n) is 4.08. The molecular weight excluding hydrogens is 437 g/mol. The van der Waals surface area contributed by atoms with Crippen molar-refractivity contribution in [3.8, 4) is 34.4 Å². The highest BCUT2D eigenvalue weighted by Gasteiger charge is 2.23. The van der Waals surface area contributed by atoms with Crippen LogP contribution in [0.4, 0.5) is 4.39 Å². The number of hydrogen-bond donors (Lipinski definition) is 1. The number of hydrogen-bond acceptors (Lipinski definition) is 7. The van der Waals surface area contributed by atoms with Crippen LogP contribution in [0.1, 0.15) is 29.2 Å². The van der Waals surface area contributed by atoms with E-state index >= 15 is 0 Å². The molecule has 0 unspecified atom stereocenters. The third-order valence-electron chi connectivity index (χ3n) is 5.79. The lowest BCUT2D eigenvalue weighted by atomic mass is 10.0. The quantitative estimate of drug-likeness (QED) is 0.473. The van der Waals surface area contributed by atoms with Gasteiger partial charge >= 0.3 is 6.01 Å². The van der Waals surface area contributed by atoms with Crippen molar-refractivity contribution in [1.82, 2.24) is 24.8 Å². The molecule has 1 aliphatic heterocycles. The van der Waals surface area contributed by atoms with Gasteiger partial charge < -0.3 is 24.5 Å². The number of aromatic carboxylic acids is 1. The van der Waals surface area contributed by atoms with Crippen molar-refractivity contribution in [1.29, 1.82) is 0 Å². The Hall–Kier alpha value is -4.11. The lowest BCUT2D eigenvalue weighted by Crippen LogP contribution is -2.29. The van der Waals surface area contributed by atoms with Crippen molar-refractivity contribution in [2.75, 3.05) is 13.1 Å². The summed E-state index contributed by atoms with van der Waals surface area (Å²) < 4.78 is 21.4. The second-order valence-corrected chi connectivity index (χ2v) is 7.98. The van der Waals surface area contributed by atoms with E-state index in [0.29, 0.717) is 17.1 Å². The zero-order chi connectivity index (χ0) is 23.5. The first-order valence-electron chi connectivity index (χ1n) is 10.9. The van der Waals surface area contributed by atoms with Crippen LogP contribution in [0.5, 0.6) is 11.8 Å². The summed E-state index contributed by atoms with van der Waals surface area (Å²) in [4.78, 5) is 24.5. The van der Waals surface area contributed by atoms with Crippen molar-refractivity contribution in [2.45, 2.75) is 18.9 Å². The molecule has 4 aromatic rings. The molecular formula is C25H21FN5O3-. The Labute approximate surface area is 195 Å². The molecule has 1 aliphatic rings. The highest BCUT2D eigenvalue weighted by molar-refractivity contribution is 5.85. The molecule has 5 rings (SSSR count). The van der Waals surface area contributed by atoms with Crippen LogP contribution < -0.4 is 15.2 Å². The number of nitrogens with one attached hydrogen (secondary N) is 1. The zero-order valence-electron chi connectivity index (χ0n) is 18.1. The van der Waals surface area contributed by atoms with Gasteiger partial charge in [0.2, 0.25) is 0 Å². The molecule has 2 aromatic heterocycles. The smallest absolute Gasteiger partial charge is 0.322 e. The summed E-state index contributed by atoms with van der Waals surface area (Å²) in [5.74, 6) is -1.18. The van der Waals surface area contributed by atoms with Gasteiger partial charge in [-0.15, -0.1) is 0 Å². The Morgan fingerprint density at radius 3 is 2.47 bits per heavy atom. The summed E-state index contributed by atoms with van der Waals surface area (Å²) in [5.41, 5.74) is 2.95. The largest absolute Gasteiger partial charge is 0.545 e. The van der Waals surface area contributed by atoms with Crippen LogP contribution in [0, 0.1) is 5.82 Å². The first-order chi connectivity index (χ1) is 16.6. The van der Waals surface area contributed by atoms with Gasteiger partial charge in [0.05, 0.1) is 29.4 Å². The van der Waals surface area contributed by atoms with Gasteiger partial charge in [0.25, 0.3) is 0 Å². The maximum Gasteiger partial charge on any atom is 0.322 e. The van der Waals surface area contributed by atoms with Gasteiger partial charge in [0, 0.05) is 17.8 Å². The highest BCUT2D eigenvalue weighted by atomic mass is 19.1. The molecule has 0 saturated carbocycles. The van der Waals surface area contributed by atoms with Gasteiger partial charge in [-0.25, -0.2) is 14.4 Å². The minimum absolute atomic E-state index is 0.0526. The third-order valence-corrected chi connectivity index (χ3v) is 5.79. The van der Waals surface area contributed by atoms with Gasteiger partial charge in [-0.2, -0.15) is 4.98 Å². The Bertz CT molecular complexity index is 1300. The average molecular weight is 458 g/mol. The van der Waals surface area contributed by atoms with Crippen molar-refractivity contribution in [2.24, 2.45) is 0 Å². The van der Waals surface area contributed by atoms with Crippen LogP contribution in [0.2, 0.25) is 0 Å². The zero-order valence-corrected chi connectivity index (χ0v) is 18.1. The van der Waals surface area contributed by atoms with Crippen LogP contribution in [0.3, 0.4) is 0 Å². The normalized spacial score (nSPS) is 14.1. The topological polar surface area (TPSA) is 105 Å². The fraction of sp³-hybridized carbons (Fsp3) is 0.200. The van der Waals surface area contributed by atoms with Crippen molar-refractivity contribution >= 4 is 5.97 Å². The second kappa shape index (κ2) is 9.40. The van der Waals surface area contributed by atoms with E-state index in [1.54, 1.807) is 24.4 Å². The molecule has 1 saturated heterocycles. The lowest BCUT2D eigenvalue weighted by Gasteiger charge is -2.25. The lowest BCUT2D eigenvalue weighted by molar-refractivity contribution is -0.255. The Morgan fingerprint density at radius 1 is 1.03 bits per heavy atom. The number of halogens is 1. The molecule has 0 atom stereocenters. The number of ether oxygens (including phenoxy) is 1. The molecule has 34 heavy (non-hydrogen) atoms. The molecule has 3 heterocycles. The SMILES string of the molecule is O=C([O-])c1ccc(Oc2nccc(-c3c(-c4ccc(F)cc4)ncn3C3CCNCC3)n2)cc1. The molecule has 1 fully saturated rings. The monoisotopic (exact) mass is 458 g/mol. The van der Waals surface area contributed by atoms with Crippen LogP contribution in [-0.2, 0) is 0 Å². The maximum absolute atomic E-state index is 13.5. The number of rotatable bonds is 6. The van der Waals surface area contributed by atoms with Crippen LogP contribution >= 0.6 is 0 Å². The number of piperidine rings is 1. The molecule has 0 radical (unpaired) electrons. The first-order valence-corrected chi connectivity index (χ1v) is 10.9. The summed E-state index contributed by atoms with van der Waals surface area (Å²) in [5, 5.41) is 14.3. The molecule has 0 spiro atoms. The van der Waals surface area contributed by atoms with Crippen LogP contribution in [0.15, 0.2) is 67.1 Å². The van der Waals surface area contributed by atoms with Crippen LogP contribution in [0.25, 0.3) is 22.6 Å². The Morgan fingerprint density at radius 2 is 1.76 bits per heavy atom. The van der Waals surface area contributed by atoms with E-state index in [0.717, 1.165) is 37.2 Å². The third kappa shape index (κ3) is 4.51. The number of imidazole rings is 1. The summed E-state index contributed by atoms with van der Waals surface area (Å²) in [6.07, 6.45) is 5.31. The minimum Gasteiger partial charge on any atom is -0.545 e. The van der Waals surface area contributed by atoms with E-state index in [9.17, 15) is 14.3 Å². The first kappa shape index (κ1) is 21.7. The Balaban J connectivity index is 1.53. The molecule has 172 valence electrons. The van der Waals surface area contributed by atoms with E-state index in [1.165, 1.54) is 36.4 Å². The molecule has 0 bridgehead atoms. The summed E-state index contributed by atoms with van der Waals surface area (Å²) in [7, 11) is 0. The number of carbonyl (C=O) groups is 1. The van der Waals surface area contributed by atoms with Crippen molar-refractivity contribution < 1.29 is 19.0 Å². The van der Waals surface area contributed by atoms with E-state index < -0.39 is 5.97 Å². The predicted molar refractivity (Wildman–Crippen MR) is 121 cm³/mol. The van der Waals surface area contributed by atoms with E-state index in [1.807, 2.05) is 6.33 Å². The molecule has 1 N–H and O–H groups in total. The predicted octanol–water partition coefficient (Wildman–Crippen LogP) is 3.23. The Kier molecular flexibility index (Phi) is 6.01. The second-order valence-electron chi connectivity index (χ2n) is 7.98. The molecule has 9 heteroatoms. The van der Waals surface area contributed by atoms with E-state index in [4.69, 9.17) is 4.74 Å². The van der Waals surface area contributed by atoms with Crippen LogP contribution in [-0.4, -0.2) is 38.6 Å². The fourth-order valence-corrected chi connectivity index (χ4v) is 4.08. The number of carbonyl (C=O) groups excluding carboxylic acids is 1. The molecule has 0 amide bonds. The minimum atomic E-state index is -1.26. The number of aromatic nitrogens is 4. The van der Waals surface area contributed by atoms with E-state index in [-0.39, 0.29) is 23.4 Å². The number of nitrogens with zero attached hydrogens (tertiary/aromatic N) is 4. The summed E-state index contributed by atoms with van der Waals surface area (Å²) in [6, 6.07) is 14.2. The number of carboxylic acids is 1. The number of carboxylic acid groups (broad SMARTS) is 1. The highest BCUT2D eigenvalue weighted by Crippen LogP contribution is 2.35. The number of benzene rings is 2. The maximum atomic E-state index is 13.5. The summed E-state index contributed by atoms with van der Waals surface area (Å²) >= 11 is 0. The summed E-state index contributed by atoms with van der Waals surface area (Å²) in [6.45, 7) is 1.82. The molecule has 0 aliphatic carbocycles. The van der Waals surface area contributed by atoms with E-state index in [2.05, 4.69) is 24.8 Å². The van der Waals surface area contributed by atoms with Crippen molar-refractivity contribution in [3.05, 3.63) is 78.5 Å². The van der Waals surface area contributed by atoms with Gasteiger partial charge in [-0.1, -0.05) is 0 Å². The van der Waals surface area contributed by atoms with Gasteiger partial charge in [0.1, 0.15) is 11.6 Å². The van der Waals surface area contributed by atoms with Gasteiger partial charge in [0.15, 0.2) is 0 Å². The van der Waals surface area contributed by atoms with Gasteiger partial charge in [-0.05, 0) is 86.1 Å². The molecule has 2 aromatic carbocycles. The van der Waals surface area contributed by atoms with Crippen molar-refractivity contribution in [3.63, 3.8) is 0 Å². The average Bonchev–Trinajstić information content (AvgIpc) is 3.31. The van der Waals surface area contributed by atoms with Gasteiger partial charge in [-0.3, -0.25) is 0 Å². The standard InChI is InChI=1S/C25H22FN5O3/c26-18-5-1-16(2-6-18)22-23(31(15-29-22)19-9-12-27-13-10-19)21-11-14-28-25(30-21)34-20-7-3-17(4-8-20)24(32)33/h1-8,11,14-15,19,27H,9-10,12-13H2,(H,32,33)/p-1. The molecule has 8 nitrogen and oxygen atoms in total.